The first-order valence-electron chi connectivity index (χ1n) is 4.72. The molecule has 0 radical (unpaired) electrons. The standard InChI is InChI=1S/C9H13NO4/c10-9(8(13)14)2-1-4-3-5(6(4)9)7(11)12/h4-6H,1-3,10H2,(H,11,12)(H,13,14)/t4-,5-,6-,9+/m1/s1. The highest BCUT2D eigenvalue weighted by Gasteiger charge is 2.62. The summed E-state index contributed by atoms with van der Waals surface area (Å²) in [4.78, 5) is 21.7. The van der Waals surface area contributed by atoms with E-state index in [1.807, 2.05) is 0 Å². The van der Waals surface area contributed by atoms with Crippen molar-refractivity contribution in [3.8, 4) is 0 Å². The second kappa shape index (κ2) is 2.70. The molecule has 0 aromatic carbocycles. The van der Waals surface area contributed by atoms with Gasteiger partial charge >= 0.3 is 11.9 Å². The van der Waals surface area contributed by atoms with E-state index < -0.39 is 23.4 Å². The van der Waals surface area contributed by atoms with E-state index in [0.29, 0.717) is 12.8 Å². The van der Waals surface area contributed by atoms with Gasteiger partial charge < -0.3 is 15.9 Å². The summed E-state index contributed by atoms with van der Waals surface area (Å²) in [6, 6.07) is 0. The van der Waals surface area contributed by atoms with Gasteiger partial charge in [-0.05, 0) is 25.2 Å². The Morgan fingerprint density at radius 3 is 2.50 bits per heavy atom. The van der Waals surface area contributed by atoms with Crippen molar-refractivity contribution in [1.82, 2.24) is 0 Å². The lowest BCUT2D eigenvalue weighted by molar-refractivity contribution is -0.157. The molecule has 0 amide bonds. The highest BCUT2D eigenvalue weighted by Crippen LogP contribution is 2.55. The molecule has 2 fully saturated rings. The molecule has 4 atom stereocenters. The van der Waals surface area contributed by atoms with Gasteiger partial charge in [0.25, 0.3) is 0 Å². The van der Waals surface area contributed by atoms with Crippen LogP contribution >= 0.6 is 0 Å². The van der Waals surface area contributed by atoms with Crippen LogP contribution in [0.1, 0.15) is 19.3 Å². The lowest BCUT2D eigenvalue weighted by Crippen LogP contribution is -2.59. The fraction of sp³-hybridized carbons (Fsp3) is 0.778. The largest absolute Gasteiger partial charge is 0.481 e. The van der Waals surface area contributed by atoms with Gasteiger partial charge in [-0.1, -0.05) is 0 Å². The Labute approximate surface area is 80.9 Å². The van der Waals surface area contributed by atoms with E-state index in [9.17, 15) is 9.59 Å². The van der Waals surface area contributed by atoms with E-state index >= 15 is 0 Å². The van der Waals surface area contributed by atoms with Crippen LogP contribution in [0.5, 0.6) is 0 Å². The van der Waals surface area contributed by atoms with E-state index in [2.05, 4.69) is 0 Å². The predicted octanol–water partition coefficient (Wildman–Crippen LogP) is -0.101. The monoisotopic (exact) mass is 199 g/mol. The minimum absolute atomic E-state index is 0.206. The van der Waals surface area contributed by atoms with Crippen LogP contribution in [0.2, 0.25) is 0 Å². The molecule has 0 saturated heterocycles. The van der Waals surface area contributed by atoms with Crippen molar-refractivity contribution in [3.63, 3.8) is 0 Å². The Bertz CT molecular complexity index is 303. The van der Waals surface area contributed by atoms with Crippen molar-refractivity contribution in [2.75, 3.05) is 0 Å². The first-order valence-corrected chi connectivity index (χ1v) is 4.72. The van der Waals surface area contributed by atoms with Crippen molar-refractivity contribution < 1.29 is 19.8 Å². The van der Waals surface area contributed by atoms with E-state index in [-0.39, 0.29) is 11.8 Å². The average molecular weight is 199 g/mol. The molecule has 0 heterocycles. The smallest absolute Gasteiger partial charge is 0.324 e. The highest BCUT2D eigenvalue weighted by atomic mass is 16.4. The summed E-state index contributed by atoms with van der Waals surface area (Å²) in [5.74, 6) is -2.68. The second-order valence-corrected chi connectivity index (χ2v) is 4.35. The number of rotatable bonds is 2. The Morgan fingerprint density at radius 2 is 2.00 bits per heavy atom. The molecular weight excluding hydrogens is 186 g/mol. The minimum Gasteiger partial charge on any atom is -0.481 e. The molecule has 2 rings (SSSR count). The number of carboxylic acid groups (broad SMARTS) is 2. The van der Waals surface area contributed by atoms with E-state index in [0.717, 1.165) is 6.42 Å². The molecule has 0 aromatic rings. The number of carboxylic acids is 2. The number of fused-ring (bicyclic) bond motifs is 1. The van der Waals surface area contributed by atoms with Gasteiger partial charge in [0.1, 0.15) is 5.54 Å². The fourth-order valence-corrected chi connectivity index (χ4v) is 2.92. The fourth-order valence-electron chi connectivity index (χ4n) is 2.92. The molecule has 5 nitrogen and oxygen atoms in total. The zero-order valence-corrected chi connectivity index (χ0v) is 7.64. The summed E-state index contributed by atoms with van der Waals surface area (Å²) in [5, 5.41) is 17.8. The lowest BCUT2D eigenvalue weighted by atomic mass is 9.61. The quantitative estimate of drug-likeness (QED) is 0.576. The number of aliphatic carboxylic acids is 2. The summed E-state index contributed by atoms with van der Waals surface area (Å²) in [6.07, 6.45) is 1.74. The zero-order valence-electron chi connectivity index (χ0n) is 7.64. The minimum atomic E-state index is -1.30. The van der Waals surface area contributed by atoms with Crippen molar-refractivity contribution >= 4 is 11.9 Å². The van der Waals surface area contributed by atoms with E-state index in [1.54, 1.807) is 0 Å². The van der Waals surface area contributed by atoms with Crippen molar-refractivity contribution in [2.45, 2.75) is 24.8 Å². The van der Waals surface area contributed by atoms with Gasteiger partial charge in [-0.2, -0.15) is 0 Å². The highest BCUT2D eigenvalue weighted by molar-refractivity contribution is 5.82. The molecule has 0 aromatic heterocycles. The number of nitrogens with two attached hydrogens (primary N) is 1. The lowest BCUT2D eigenvalue weighted by Gasteiger charge is -2.43. The van der Waals surface area contributed by atoms with E-state index in [1.165, 1.54) is 0 Å². The molecule has 14 heavy (non-hydrogen) atoms. The summed E-state index contributed by atoms with van der Waals surface area (Å²) < 4.78 is 0. The number of hydrogen-bond acceptors (Lipinski definition) is 3. The Balaban J connectivity index is 2.23. The Hall–Kier alpha value is -1.10. The van der Waals surface area contributed by atoms with Crippen LogP contribution in [0.15, 0.2) is 0 Å². The molecule has 4 N–H and O–H groups in total. The van der Waals surface area contributed by atoms with E-state index in [4.69, 9.17) is 15.9 Å². The van der Waals surface area contributed by atoms with Crippen LogP contribution in [-0.2, 0) is 9.59 Å². The molecule has 2 saturated carbocycles. The topological polar surface area (TPSA) is 101 Å². The van der Waals surface area contributed by atoms with Gasteiger partial charge in [0.2, 0.25) is 0 Å². The molecule has 2 aliphatic carbocycles. The van der Waals surface area contributed by atoms with Gasteiger partial charge in [0.05, 0.1) is 5.92 Å². The Morgan fingerprint density at radius 1 is 1.36 bits per heavy atom. The maximum Gasteiger partial charge on any atom is 0.324 e. The molecule has 5 heteroatoms. The van der Waals surface area contributed by atoms with Gasteiger partial charge in [0, 0.05) is 5.92 Å². The molecule has 0 bridgehead atoms. The van der Waals surface area contributed by atoms with Gasteiger partial charge in [-0.25, -0.2) is 0 Å². The van der Waals surface area contributed by atoms with Crippen molar-refractivity contribution in [2.24, 2.45) is 23.5 Å². The Kier molecular flexibility index (Phi) is 1.82. The van der Waals surface area contributed by atoms with Gasteiger partial charge in [-0.3, -0.25) is 9.59 Å². The molecule has 0 spiro atoms. The maximum absolute atomic E-state index is 11.0. The number of hydrogen-bond donors (Lipinski definition) is 3. The van der Waals surface area contributed by atoms with Crippen LogP contribution in [0.25, 0.3) is 0 Å². The molecule has 0 aliphatic heterocycles. The average Bonchev–Trinajstić information content (AvgIpc) is 2.23. The molecule has 2 aliphatic rings. The first kappa shape index (κ1) is 9.45. The summed E-state index contributed by atoms with van der Waals surface area (Å²) >= 11 is 0. The van der Waals surface area contributed by atoms with Gasteiger partial charge in [-0.15, -0.1) is 0 Å². The van der Waals surface area contributed by atoms with Crippen molar-refractivity contribution in [3.05, 3.63) is 0 Å². The maximum atomic E-state index is 11.0. The second-order valence-electron chi connectivity index (χ2n) is 4.35. The first-order chi connectivity index (χ1) is 6.47. The third-order valence-corrected chi connectivity index (χ3v) is 3.74. The van der Waals surface area contributed by atoms with Crippen LogP contribution < -0.4 is 5.73 Å². The predicted molar refractivity (Wildman–Crippen MR) is 46.5 cm³/mol. The van der Waals surface area contributed by atoms with Crippen LogP contribution in [0, 0.1) is 17.8 Å². The van der Waals surface area contributed by atoms with Crippen LogP contribution in [0.4, 0.5) is 0 Å². The summed E-state index contributed by atoms with van der Waals surface area (Å²) in [5.41, 5.74) is 4.45. The number of carbonyl (C=O) groups is 2. The summed E-state index contributed by atoms with van der Waals surface area (Å²) in [7, 11) is 0. The molecule has 78 valence electrons. The third-order valence-electron chi connectivity index (χ3n) is 3.74. The SMILES string of the molecule is N[C@@]1(C(=O)O)CC[C@@H]2C[C@@H](C(=O)O)[C@@H]21. The van der Waals surface area contributed by atoms with Crippen LogP contribution in [0.3, 0.4) is 0 Å². The normalized spacial score (nSPS) is 45.4. The summed E-state index contributed by atoms with van der Waals surface area (Å²) in [6.45, 7) is 0. The van der Waals surface area contributed by atoms with Gasteiger partial charge in [0.15, 0.2) is 0 Å². The molecular formula is C9H13NO4. The third kappa shape index (κ3) is 0.987. The van der Waals surface area contributed by atoms with Crippen LogP contribution in [-0.4, -0.2) is 27.7 Å². The van der Waals surface area contributed by atoms with Crippen molar-refractivity contribution in [1.29, 1.82) is 0 Å². The zero-order chi connectivity index (χ0) is 10.5. The molecule has 0 unspecified atom stereocenters.